The Kier molecular flexibility index (Phi) is 6.60. The van der Waals surface area contributed by atoms with Crippen LogP contribution in [0.5, 0.6) is 0 Å². The van der Waals surface area contributed by atoms with E-state index in [1.54, 1.807) is 27.0 Å². The molecule has 0 radical (unpaired) electrons. The number of aromatic nitrogens is 1. The lowest BCUT2D eigenvalue weighted by Crippen LogP contribution is -2.33. The van der Waals surface area contributed by atoms with E-state index in [9.17, 15) is 14.4 Å². The predicted octanol–water partition coefficient (Wildman–Crippen LogP) is 3.37. The van der Waals surface area contributed by atoms with Crippen molar-refractivity contribution in [2.75, 3.05) is 13.2 Å². The van der Waals surface area contributed by atoms with Crippen molar-refractivity contribution < 1.29 is 23.9 Å². The molecular weight excluding hydrogens is 348 g/mol. The van der Waals surface area contributed by atoms with Crippen molar-refractivity contribution in [3.8, 4) is 0 Å². The second-order valence-electron chi connectivity index (χ2n) is 7.16. The Bertz CT molecular complexity index is 832. The van der Waals surface area contributed by atoms with Crippen LogP contribution in [0.2, 0.25) is 0 Å². The zero-order valence-corrected chi connectivity index (χ0v) is 16.2. The molecule has 27 heavy (non-hydrogen) atoms. The van der Waals surface area contributed by atoms with E-state index in [0.29, 0.717) is 5.56 Å². The molecule has 2 rings (SSSR count). The summed E-state index contributed by atoms with van der Waals surface area (Å²) in [6.45, 7) is 7.04. The first kappa shape index (κ1) is 20.5. The fourth-order valence-electron chi connectivity index (χ4n) is 2.62. The van der Waals surface area contributed by atoms with Crippen molar-refractivity contribution in [1.29, 1.82) is 0 Å². The highest BCUT2D eigenvalue weighted by molar-refractivity contribution is 6.09. The monoisotopic (exact) mass is 374 g/mol. The van der Waals surface area contributed by atoms with Gasteiger partial charge in [-0.25, -0.2) is 4.79 Å². The Morgan fingerprint density at radius 3 is 2.59 bits per heavy atom. The van der Waals surface area contributed by atoms with E-state index in [2.05, 4.69) is 10.3 Å². The molecule has 7 nitrogen and oxygen atoms in total. The average molecular weight is 374 g/mol. The number of hydrogen-bond donors (Lipinski definition) is 2. The third-order valence-electron chi connectivity index (χ3n) is 3.84. The van der Waals surface area contributed by atoms with E-state index < -0.39 is 17.7 Å². The fourth-order valence-corrected chi connectivity index (χ4v) is 2.62. The maximum Gasteiger partial charge on any atom is 0.407 e. The highest BCUT2D eigenvalue weighted by Gasteiger charge is 2.17. The van der Waals surface area contributed by atoms with Gasteiger partial charge >= 0.3 is 12.1 Å². The molecule has 0 unspecified atom stereocenters. The average Bonchev–Trinajstić information content (AvgIpc) is 3.02. The van der Waals surface area contributed by atoms with Gasteiger partial charge in [0, 0.05) is 29.2 Å². The van der Waals surface area contributed by atoms with Crippen LogP contribution >= 0.6 is 0 Å². The molecular formula is C20H26N2O5. The fraction of sp³-hybridized carbons (Fsp3) is 0.450. The molecule has 1 heterocycles. The number of benzene rings is 1. The van der Waals surface area contributed by atoms with Gasteiger partial charge in [-0.15, -0.1) is 0 Å². The van der Waals surface area contributed by atoms with E-state index in [4.69, 9.17) is 9.47 Å². The summed E-state index contributed by atoms with van der Waals surface area (Å²) < 4.78 is 10.1. The van der Waals surface area contributed by atoms with Crippen LogP contribution in [0.1, 0.15) is 50.0 Å². The van der Waals surface area contributed by atoms with Crippen LogP contribution in [0.15, 0.2) is 24.4 Å². The molecule has 7 heteroatoms. The largest absolute Gasteiger partial charge is 0.457 e. The zero-order chi connectivity index (χ0) is 20.0. The minimum Gasteiger partial charge on any atom is -0.457 e. The molecule has 0 fully saturated rings. The molecule has 0 spiro atoms. The number of ketones is 1. The smallest absolute Gasteiger partial charge is 0.407 e. The molecule has 0 bridgehead atoms. The van der Waals surface area contributed by atoms with Gasteiger partial charge in [0.15, 0.2) is 6.61 Å². The van der Waals surface area contributed by atoms with Crippen LogP contribution < -0.4 is 5.32 Å². The Morgan fingerprint density at radius 2 is 1.93 bits per heavy atom. The van der Waals surface area contributed by atoms with Gasteiger partial charge in [-0.2, -0.15) is 0 Å². The van der Waals surface area contributed by atoms with E-state index in [-0.39, 0.29) is 25.4 Å². The Hall–Kier alpha value is -2.83. The maximum absolute atomic E-state index is 12.4. The molecule has 0 aliphatic carbocycles. The van der Waals surface area contributed by atoms with Gasteiger partial charge in [-0.3, -0.25) is 9.59 Å². The lowest BCUT2D eigenvalue weighted by Gasteiger charge is -2.19. The topological polar surface area (TPSA) is 97.5 Å². The van der Waals surface area contributed by atoms with Crippen LogP contribution in [0.25, 0.3) is 10.9 Å². The molecule has 146 valence electrons. The molecule has 0 atom stereocenters. The number of carbonyl (C=O) groups is 3. The third kappa shape index (κ3) is 5.84. The molecule has 0 aliphatic rings. The number of ether oxygens (including phenoxy) is 2. The predicted molar refractivity (Wildman–Crippen MR) is 102 cm³/mol. The first-order chi connectivity index (χ1) is 12.7. The number of aryl methyl sites for hydroxylation is 1. The number of H-pyrrole nitrogens is 1. The van der Waals surface area contributed by atoms with Crippen LogP contribution in [0.4, 0.5) is 4.79 Å². The molecule has 0 aliphatic heterocycles. The first-order valence-corrected chi connectivity index (χ1v) is 8.96. The molecule has 0 saturated heterocycles. The number of Topliss-reactive ketones (excluding diaryl/α,β-unsaturated/α-hetero) is 1. The SMILES string of the molecule is CCc1cccc2c(C(=O)COC(=O)CCNC(=O)OC(C)(C)C)c[nH]c12. The van der Waals surface area contributed by atoms with Crippen molar-refractivity contribution in [2.24, 2.45) is 0 Å². The van der Waals surface area contributed by atoms with Crippen LogP contribution in [0, 0.1) is 0 Å². The molecule has 2 aromatic rings. The van der Waals surface area contributed by atoms with Crippen molar-refractivity contribution in [1.82, 2.24) is 10.3 Å². The normalized spacial score (nSPS) is 11.3. The number of nitrogens with one attached hydrogen (secondary N) is 2. The summed E-state index contributed by atoms with van der Waals surface area (Å²) in [6, 6.07) is 5.77. The summed E-state index contributed by atoms with van der Waals surface area (Å²) in [4.78, 5) is 38.8. The van der Waals surface area contributed by atoms with E-state index in [1.165, 1.54) is 0 Å². The van der Waals surface area contributed by atoms with Crippen molar-refractivity contribution in [3.05, 3.63) is 35.5 Å². The Labute approximate surface area is 158 Å². The molecule has 1 aromatic carbocycles. The minimum absolute atomic E-state index is 0.0413. The molecule has 2 N–H and O–H groups in total. The van der Waals surface area contributed by atoms with Crippen molar-refractivity contribution in [3.63, 3.8) is 0 Å². The molecule has 1 aromatic heterocycles. The number of amides is 1. The maximum atomic E-state index is 12.4. The second-order valence-corrected chi connectivity index (χ2v) is 7.16. The highest BCUT2D eigenvalue weighted by atomic mass is 16.6. The number of fused-ring (bicyclic) bond motifs is 1. The summed E-state index contributed by atoms with van der Waals surface area (Å²) in [5.41, 5.74) is 1.95. The summed E-state index contributed by atoms with van der Waals surface area (Å²) in [6.07, 6.45) is 1.85. The first-order valence-electron chi connectivity index (χ1n) is 8.96. The van der Waals surface area contributed by atoms with Crippen molar-refractivity contribution >= 4 is 28.7 Å². The highest BCUT2D eigenvalue weighted by Crippen LogP contribution is 2.22. The number of rotatable bonds is 7. The number of hydrogen-bond acceptors (Lipinski definition) is 5. The number of esters is 1. The van der Waals surface area contributed by atoms with E-state index in [1.807, 2.05) is 25.1 Å². The lowest BCUT2D eigenvalue weighted by molar-refractivity contribution is -0.142. The number of carbonyl (C=O) groups excluding carboxylic acids is 3. The minimum atomic E-state index is -0.603. The van der Waals surface area contributed by atoms with Gasteiger partial charge in [0.1, 0.15) is 5.60 Å². The lowest BCUT2D eigenvalue weighted by atomic mass is 10.1. The van der Waals surface area contributed by atoms with Crippen LogP contribution in [0.3, 0.4) is 0 Å². The zero-order valence-electron chi connectivity index (χ0n) is 16.2. The molecule has 0 saturated carbocycles. The Morgan fingerprint density at radius 1 is 1.19 bits per heavy atom. The summed E-state index contributed by atoms with van der Waals surface area (Å²) in [5, 5.41) is 3.29. The van der Waals surface area contributed by atoms with Gasteiger partial charge in [0.25, 0.3) is 0 Å². The van der Waals surface area contributed by atoms with Crippen LogP contribution in [-0.4, -0.2) is 41.6 Å². The third-order valence-corrected chi connectivity index (χ3v) is 3.84. The van der Waals surface area contributed by atoms with Crippen LogP contribution in [-0.2, 0) is 20.7 Å². The van der Waals surface area contributed by atoms with Gasteiger partial charge < -0.3 is 19.8 Å². The molecule has 1 amide bonds. The van der Waals surface area contributed by atoms with Gasteiger partial charge in [0.2, 0.25) is 5.78 Å². The Balaban J connectivity index is 1.82. The second kappa shape index (κ2) is 8.70. The summed E-state index contributed by atoms with van der Waals surface area (Å²) >= 11 is 0. The number of aromatic amines is 1. The van der Waals surface area contributed by atoms with Gasteiger partial charge in [0.05, 0.1) is 6.42 Å². The summed E-state index contributed by atoms with van der Waals surface area (Å²) in [5.74, 6) is -0.837. The number of alkyl carbamates (subject to hydrolysis) is 1. The van der Waals surface area contributed by atoms with Gasteiger partial charge in [-0.1, -0.05) is 25.1 Å². The summed E-state index contributed by atoms with van der Waals surface area (Å²) in [7, 11) is 0. The van der Waals surface area contributed by atoms with E-state index in [0.717, 1.165) is 22.9 Å². The number of para-hydroxylation sites is 1. The van der Waals surface area contributed by atoms with Gasteiger partial charge in [-0.05, 0) is 32.8 Å². The quantitative estimate of drug-likeness (QED) is 0.572. The van der Waals surface area contributed by atoms with Crippen molar-refractivity contribution in [2.45, 2.75) is 46.1 Å². The standard InChI is InChI=1S/C20H26N2O5/c1-5-13-7-6-8-14-15(11-22-18(13)14)16(23)12-26-17(24)9-10-21-19(25)27-20(2,3)4/h6-8,11,22H,5,9-10,12H2,1-4H3,(H,21,25). The van der Waals surface area contributed by atoms with E-state index >= 15 is 0 Å².